The number of esters is 1. The van der Waals surface area contributed by atoms with Crippen LogP contribution >= 0.6 is 90.4 Å². The number of alkyl halides is 3. The lowest BCUT2D eigenvalue weighted by Gasteiger charge is -2.24. The second-order valence-corrected chi connectivity index (χ2v) is 33.2. The number of carbonyl (C=O) groups is 2. The first-order valence-corrected chi connectivity index (χ1v) is 34.9. The van der Waals surface area contributed by atoms with Crippen molar-refractivity contribution in [3.05, 3.63) is 188 Å². The van der Waals surface area contributed by atoms with Gasteiger partial charge in [0, 0.05) is 30.5 Å². The molecule has 12 aromatic rings. The number of H-pyrrole nitrogens is 1. The quantitative estimate of drug-likeness (QED) is 0.0123. The van der Waals surface area contributed by atoms with Crippen LogP contribution in [-0.4, -0.2) is 98.8 Å². The summed E-state index contributed by atoms with van der Waals surface area (Å²) in [7, 11) is 0. The van der Waals surface area contributed by atoms with E-state index in [2.05, 4.69) is 134 Å². The van der Waals surface area contributed by atoms with E-state index in [9.17, 15) is 19.2 Å². The van der Waals surface area contributed by atoms with E-state index in [-0.39, 0.29) is 47.9 Å². The molecular formula is C62H60I3N19O7S2. The third kappa shape index (κ3) is 15.2. The van der Waals surface area contributed by atoms with Gasteiger partial charge in [-0.1, -0.05) is 142 Å². The zero-order valence-electron chi connectivity index (χ0n) is 50.0. The normalized spacial score (nSPS) is 13.6. The summed E-state index contributed by atoms with van der Waals surface area (Å²) in [6, 6.07) is 29.3. The summed E-state index contributed by atoms with van der Waals surface area (Å²) >= 11 is 9.46. The molecule has 0 radical (unpaired) electrons. The highest BCUT2D eigenvalue weighted by atomic mass is 127. The van der Waals surface area contributed by atoms with E-state index in [1.54, 1.807) is 39.6 Å². The Morgan fingerprint density at radius 1 is 0.688 bits per heavy atom. The van der Waals surface area contributed by atoms with Crippen LogP contribution in [0.15, 0.2) is 143 Å². The van der Waals surface area contributed by atoms with Crippen LogP contribution in [0.1, 0.15) is 115 Å². The Hall–Kier alpha value is -8.23. The van der Waals surface area contributed by atoms with Gasteiger partial charge in [-0.2, -0.15) is 0 Å². The molecule has 1 unspecified atom stereocenters. The first-order valence-electron chi connectivity index (χ1n) is 29.4. The Kier molecular flexibility index (Phi) is 22.2. The van der Waals surface area contributed by atoms with Crippen LogP contribution in [0.2, 0.25) is 0 Å². The highest BCUT2D eigenvalue weighted by Crippen LogP contribution is 2.32. The molecule has 7 N–H and O–H groups in total. The molecule has 9 heterocycles. The lowest BCUT2D eigenvalue weighted by Crippen LogP contribution is -2.29. The molecule has 93 heavy (non-hydrogen) atoms. The number of nitrogens with one attached hydrogen (secondary N) is 6. The van der Waals surface area contributed by atoms with Crippen LogP contribution in [0.5, 0.6) is 0 Å². The average molecular weight is 1630 g/mol. The fourth-order valence-corrected chi connectivity index (χ4v) is 11.9. The van der Waals surface area contributed by atoms with Crippen molar-refractivity contribution in [2.45, 2.75) is 84.2 Å². The van der Waals surface area contributed by atoms with Gasteiger partial charge in [-0.05, 0) is 86.6 Å². The number of anilines is 4. The highest BCUT2D eigenvalue weighted by molar-refractivity contribution is 14.3. The van der Waals surface area contributed by atoms with Gasteiger partial charge in [0.15, 0.2) is 44.4 Å². The molecule has 1 aliphatic rings. The van der Waals surface area contributed by atoms with Gasteiger partial charge in [0.25, 0.3) is 17.0 Å². The van der Waals surface area contributed by atoms with Crippen molar-refractivity contribution < 1.29 is 24.3 Å². The summed E-state index contributed by atoms with van der Waals surface area (Å²) in [6.45, 7) is 7.35. The maximum absolute atomic E-state index is 14.5. The number of aromatic nitrogens is 14. The molecule has 1 fully saturated rings. The third-order valence-corrected chi connectivity index (χ3v) is 16.4. The Labute approximate surface area is 579 Å². The second kappa shape index (κ2) is 31.1. The second-order valence-electron chi connectivity index (χ2n) is 20.6. The largest absolute Gasteiger partial charge is 0.461 e. The molecular weight excluding hydrogens is 1570 g/mol. The van der Waals surface area contributed by atoms with Crippen LogP contribution in [0.25, 0.3) is 55.5 Å². The first kappa shape index (κ1) is 66.2. The number of amides is 1. The lowest BCUT2D eigenvalue weighted by molar-refractivity contribution is -0.0298. The Morgan fingerprint density at radius 3 is 1.81 bits per heavy atom. The monoisotopic (exact) mass is 1630 g/mol. The zero-order chi connectivity index (χ0) is 65.0. The van der Waals surface area contributed by atoms with E-state index < -0.39 is 17.9 Å². The number of nitrogens with zero attached hydrogens (tertiary/aromatic N) is 13. The predicted molar refractivity (Wildman–Crippen MR) is 384 cm³/mol. The van der Waals surface area contributed by atoms with Gasteiger partial charge in [-0.25, -0.2) is 60.1 Å². The molecule has 13 rings (SSSR count). The average Bonchev–Trinajstić information content (AvgIpc) is 1.17. The van der Waals surface area contributed by atoms with E-state index in [0.29, 0.717) is 115 Å². The van der Waals surface area contributed by atoms with Gasteiger partial charge >= 0.3 is 5.97 Å². The molecule has 8 aromatic heterocycles. The van der Waals surface area contributed by atoms with Crippen LogP contribution in [0.3, 0.4) is 0 Å². The SMILES string of the molecule is CCOC(=O)c1csc(NCc2cccc3nc([C@H](CC)Nc4ncnc5c4ncn5C4CCCCO4)n(-c4ccccc4)c(=O)c23)n1.CC[C@H](Nc1ncnc2nc[nH]c12)c1nc2cccc(CNc3nc(C(=O)NO)cs3)c2c(=O)n1-c1ccccc1.IC(I)I. The maximum atomic E-state index is 14.5. The fraction of sp³-hybridized carbons (Fsp3) is 0.258. The molecule has 26 nitrogen and oxygen atoms in total. The van der Waals surface area contributed by atoms with Gasteiger partial charge in [0.2, 0.25) is 0 Å². The first-order chi connectivity index (χ1) is 45.3. The summed E-state index contributed by atoms with van der Waals surface area (Å²) < 4.78 is 17.1. The molecule has 0 bridgehead atoms. The van der Waals surface area contributed by atoms with Crippen LogP contribution in [-0.2, 0) is 22.6 Å². The summed E-state index contributed by atoms with van der Waals surface area (Å²) in [5, 5.41) is 27.4. The number of benzene rings is 4. The van der Waals surface area contributed by atoms with Crippen LogP contribution < -0.4 is 37.9 Å². The van der Waals surface area contributed by atoms with E-state index in [0.717, 1.165) is 30.3 Å². The van der Waals surface area contributed by atoms with Crippen LogP contribution in [0.4, 0.5) is 21.9 Å². The van der Waals surface area contributed by atoms with Crippen molar-refractivity contribution in [1.29, 1.82) is 0 Å². The zero-order valence-corrected chi connectivity index (χ0v) is 58.1. The predicted octanol–water partition coefficient (Wildman–Crippen LogP) is 12.4. The van der Waals surface area contributed by atoms with E-state index in [1.165, 1.54) is 40.7 Å². The number of ether oxygens (including phenoxy) is 2. The molecule has 1 aliphatic heterocycles. The minimum Gasteiger partial charge on any atom is -0.461 e. The third-order valence-electron chi connectivity index (χ3n) is 14.8. The molecule has 3 atom stereocenters. The van der Waals surface area contributed by atoms with Crippen molar-refractivity contribution >= 4 is 168 Å². The summed E-state index contributed by atoms with van der Waals surface area (Å²) in [5.74, 6) is 1.03. The summed E-state index contributed by atoms with van der Waals surface area (Å²) in [6.07, 6.45) is 10.4. The number of thiazole rings is 2. The topological polar surface area (TPSA) is 327 Å². The number of fused-ring (bicyclic) bond motifs is 4. The highest BCUT2D eigenvalue weighted by Gasteiger charge is 2.27. The molecule has 0 saturated carbocycles. The number of hydroxylamine groups is 1. The number of para-hydroxylation sites is 2. The molecule has 0 aliphatic carbocycles. The summed E-state index contributed by atoms with van der Waals surface area (Å²) in [4.78, 5) is 101. The fourth-order valence-electron chi connectivity index (χ4n) is 10.6. The van der Waals surface area contributed by atoms with Gasteiger partial charge < -0.3 is 35.7 Å². The molecule has 1 saturated heterocycles. The number of halogens is 3. The van der Waals surface area contributed by atoms with Crippen molar-refractivity contribution in [3.63, 3.8) is 0 Å². The molecule has 4 aromatic carbocycles. The molecule has 0 spiro atoms. The maximum Gasteiger partial charge on any atom is 0.357 e. The Morgan fingerprint density at radius 2 is 1.25 bits per heavy atom. The Bertz CT molecular complexity index is 4690. The minimum atomic E-state index is -0.698. The van der Waals surface area contributed by atoms with Crippen molar-refractivity contribution in [3.8, 4) is 11.4 Å². The lowest BCUT2D eigenvalue weighted by atomic mass is 10.1. The van der Waals surface area contributed by atoms with E-state index >= 15 is 0 Å². The minimum absolute atomic E-state index is 0.0878. The smallest absolute Gasteiger partial charge is 0.357 e. The standard InChI is InChI=1S/C34H35N9O4S.C27H24N10O3S.CHI3/c1-3-23(39-29-28-31(37-19-36-29)42(20-38-28)26-15-8-9-16-47-26)30-40-24-14-10-11-21(17-35-34-41-25(18-48-34)33(45)46-4-2)27(24)32(44)43(30)22-12-6-5-7-13-22;1-2-17(33-23-21-22(30-13-29-21)31-14-32-23)24-34-18-10-6-7-15(11-28-27-35-19(12-41-27)25(38)36-40)20(18)26(39)37(24)16-8-4-3-5-9-16;2-1(3)4/h5-7,10-14,18-20,23,26H,3-4,8-9,15-17H2,1-2H3,(H,35,41)(H,36,37,39);3-10,12-14,17,40H,2,11H2,1H3,(H,28,35)(H,36,38)(H2,29,30,31,32,33);1H/t23-,26?;17-;/m00./s1. The molecule has 31 heteroatoms. The molecule has 1 amide bonds. The van der Waals surface area contributed by atoms with Gasteiger partial charge in [-0.3, -0.25) is 33.3 Å². The summed E-state index contributed by atoms with van der Waals surface area (Å²) in [5.41, 5.74) is 7.96. The number of hydrogen-bond donors (Lipinski definition) is 7. The number of imidazole rings is 2. The van der Waals surface area contributed by atoms with Crippen LogP contribution in [0, 0.1) is 0 Å². The number of rotatable bonds is 20. The van der Waals surface area contributed by atoms with Crippen molar-refractivity contribution in [2.75, 3.05) is 34.5 Å². The molecule has 478 valence electrons. The Balaban J connectivity index is 0.000000182. The van der Waals surface area contributed by atoms with E-state index in [4.69, 9.17) is 24.6 Å². The van der Waals surface area contributed by atoms with Gasteiger partial charge in [0.05, 0.1) is 64.5 Å². The number of aromatic amines is 1. The van der Waals surface area contributed by atoms with Gasteiger partial charge in [0.1, 0.15) is 41.7 Å². The number of hydrogen-bond acceptors (Lipinski definition) is 23. The van der Waals surface area contributed by atoms with Crippen molar-refractivity contribution in [2.24, 2.45) is 0 Å². The van der Waals surface area contributed by atoms with Crippen molar-refractivity contribution in [1.82, 2.24) is 74.0 Å². The van der Waals surface area contributed by atoms with Gasteiger partial charge in [-0.15, -0.1) is 22.7 Å². The van der Waals surface area contributed by atoms with E-state index in [1.807, 2.05) is 115 Å². The number of carbonyl (C=O) groups excluding carboxylic acids is 2.